The van der Waals surface area contributed by atoms with E-state index in [4.69, 9.17) is 27.9 Å². The second-order valence-corrected chi connectivity index (χ2v) is 8.89. The third kappa shape index (κ3) is 5.78. The highest BCUT2D eigenvalue weighted by molar-refractivity contribution is 7.93. The average Bonchev–Trinajstić information content (AvgIpc) is 2.63. The molecule has 1 N–H and O–H groups in total. The molecule has 0 heterocycles. The summed E-state index contributed by atoms with van der Waals surface area (Å²) in [5.41, 5.74) is -4.23. The molecule has 0 bridgehead atoms. The van der Waals surface area contributed by atoms with Crippen molar-refractivity contribution >= 4 is 38.9 Å². The first-order valence-electron chi connectivity index (χ1n) is 8.67. The topological polar surface area (TPSA) is 55.4 Å². The van der Waals surface area contributed by atoms with Gasteiger partial charge in [0, 0.05) is 18.7 Å². The fourth-order valence-corrected chi connectivity index (χ4v) is 3.93. The molecule has 0 unspecified atom stereocenters. The predicted octanol–water partition coefficient (Wildman–Crippen LogP) is 6.53. The largest absolute Gasteiger partial charge is 0.516 e. The number of nitrogens with one attached hydrogen (secondary N) is 1. The van der Waals surface area contributed by atoms with E-state index < -0.39 is 21.6 Å². The summed E-state index contributed by atoms with van der Waals surface area (Å²) in [6.45, 7) is 1.99. The molecule has 2 atom stereocenters. The summed E-state index contributed by atoms with van der Waals surface area (Å²) in [5.74, 6) is -0.172. The van der Waals surface area contributed by atoms with Gasteiger partial charge >= 0.3 is 15.5 Å². The van der Waals surface area contributed by atoms with Crippen LogP contribution in [-0.2, 0) is 14.8 Å². The molecule has 0 saturated carbocycles. The maximum Gasteiger partial charge on any atom is 0.516 e. The summed E-state index contributed by atoms with van der Waals surface area (Å²) in [5, 5.41) is 0.787. The van der Waals surface area contributed by atoms with Crippen molar-refractivity contribution in [2.24, 2.45) is 0 Å². The SMILES string of the molecule is CCC[C@@H](c1ccc(Cl)c(Cl)c1)[C@@H](OC)c1cccc(NS(=O)(=O)C(F)(F)F)c1. The summed E-state index contributed by atoms with van der Waals surface area (Å²) in [7, 11) is -4.03. The van der Waals surface area contributed by atoms with Crippen LogP contribution in [0.3, 0.4) is 0 Å². The van der Waals surface area contributed by atoms with Gasteiger partial charge in [0.1, 0.15) is 0 Å². The van der Waals surface area contributed by atoms with Crippen LogP contribution in [0.15, 0.2) is 42.5 Å². The van der Waals surface area contributed by atoms with Gasteiger partial charge in [-0.15, -0.1) is 0 Å². The molecule has 10 heteroatoms. The van der Waals surface area contributed by atoms with Crippen LogP contribution in [0.4, 0.5) is 18.9 Å². The molecule has 2 aromatic carbocycles. The zero-order valence-corrected chi connectivity index (χ0v) is 18.0. The first kappa shape index (κ1) is 23.8. The average molecular weight is 470 g/mol. The Morgan fingerprint density at radius 2 is 1.76 bits per heavy atom. The summed E-state index contributed by atoms with van der Waals surface area (Å²) < 4.78 is 68.0. The number of halogens is 5. The number of alkyl halides is 3. The highest BCUT2D eigenvalue weighted by Crippen LogP contribution is 2.40. The fraction of sp³-hybridized carbons (Fsp3) is 0.368. The van der Waals surface area contributed by atoms with Crippen molar-refractivity contribution in [2.45, 2.75) is 37.3 Å². The normalized spacial score (nSPS) is 14.4. The number of anilines is 1. The van der Waals surface area contributed by atoms with Gasteiger partial charge in [-0.25, -0.2) is 0 Å². The second kappa shape index (κ2) is 9.55. The standard InChI is InChI=1S/C19H20Cl2F3NO3S/c1-3-5-15(12-8-9-16(20)17(21)11-12)18(28-2)13-6-4-7-14(10-13)25-29(26,27)19(22,23)24/h4,6-11,15,18,25H,3,5H2,1-2H3/t15-,18-/m0/s1. The third-order valence-corrected chi connectivity index (χ3v) is 6.22. The van der Waals surface area contributed by atoms with Crippen molar-refractivity contribution in [3.63, 3.8) is 0 Å². The number of hydrogen-bond acceptors (Lipinski definition) is 3. The highest BCUT2D eigenvalue weighted by Gasteiger charge is 2.46. The van der Waals surface area contributed by atoms with Crippen molar-refractivity contribution in [2.75, 3.05) is 11.8 Å². The minimum atomic E-state index is -5.52. The molecule has 0 aromatic heterocycles. The van der Waals surface area contributed by atoms with Crippen molar-refractivity contribution in [3.05, 3.63) is 63.6 Å². The maximum absolute atomic E-state index is 12.7. The van der Waals surface area contributed by atoms with Gasteiger partial charge in [-0.3, -0.25) is 4.72 Å². The Morgan fingerprint density at radius 3 is 2.31 bits per heavy atom. The molecule has 0 radical (unpaired) electrons. The van der Waals surface area contributed by atoms with Crippen LogP contribution in [0.25, 0.3) is 0 Å². The molecule has 0 aliphatic heterocycles. The lowest BCUT2D eigenvalue weighted by Gasteiger charge is -2.27. The molecular weight excluding hydrogens is 450 g/mol. The summed E-state index contributed by atoms with van der Waals surface area (Å²) in [6, 6.07) is 10.9. The Kier molecular flexibility index (Phi) is 7.84. The zero-order chi connectivity index (χ0) is 21.8. The van der Waals surface area contributed by atoms with Crippen LogP contribution in [0.2, 0.25) is 10.0 Å². The smallest absolute Gasteiger partial charge is 0.376 e. The first-order valence-corrected chi connectivity index (χ1v) is 10.9. The minimum Gasteiger partial charge on any atom is -0.376 e. The lowest BCUT2D eigenvalue weighted by molar-refractivity contribution is -0.0429. The molecule has 0 spiro atoms. The van der Waals surface area contributed by atoms with Crippen molar-refractivity contribution < 1.29 is 26.3 Å². The van der Waals surface area contributed by atoms with Crippen LogP contribution in [0, 0.1) is 0 Å². The summed E-state index contributed by atoms with van der Waals surface area (Å²) >= 11 is 12.1. The van der Waals surface area contributed by atoms with E-state index in [2.05, 4.69) is 0 Å². The molecule has 2 rings (SSSR count). The second-order valence-electron chi connectivity index (χ2n) is 6.40. The van der Waals surface area contributed by atoms with Gasteiger partial charge in [0.15, 0.2) is 0 Å². The number of ether oxygens (including phenoxy) is 1. The summed E-state index contributed by atoms with van der Waals surface area (Å²) in [4.78, 5) is 0. The van der Waals surface area contributed by atoms with Gasteiger partial charge in [-0.2, -0.15) is 21.6 Å². The number of sulfonamides is 1. The van der Waals surface area contributed by atoms with Gasteiger partial charge in [-0.05, 0) is 41.8 Å². The molecule has 0 saturated heterocycles. The molecule has 0 aliphatic rings. The van der Waals surface area contributed by atoms with E-state index in [1.165, 1.54) is 25.3 Å². The van der Waals surface area contributed by atoms with E-state index in [1.54, 1.807) is 22.9 Å². The lowest BCUT2D eigenvalue weighted by atomic mass is 9.85. The number of benzene rings is 2. The highest BCUT2D eigenvalue weighted by atomic mass is 35.5. The molecule has 0 aliphatic carbocycles. The minimum absolute atomic E-state index is 0.172. The Labute approximate surface area is 178 Å². The first-order chi connectivity index (χ1) is 13.5. The molecule has 29 heavy (non-hydrogen) atoms. The molecule has 0 amide bonds. The Bertz CT molecular complexity index is 952. The van der Waals surface area contributed by atoms with E-state index in [9.17, 15) is 21.6 Å². The Balaban J connectivity index is 2.42. The number of methoxy groups -OCH3 is 1. The zero-order valence-electron chi connectivity index (χ0n) is 15.6. The quantitative estimate of drug-likeness (QED) is 0.478. The van der Waals surface area contributed by atoms with E-state index in [0.29, 0.717) is 22.0 Å². The molecule has 4 nitrogen and oxygen atoms in total. The van der Waals surface area contributed by atoms with Crippen LogP contribution >= 0.6 is 23.2 Å². The van der Waals surface area contributed by atoms with E-state index in [0.717, 1.165) is 12.0 Å². The molecule has 2 aromatic rings. The lowest BCUT2D eigenvalue weighted by Crippen LogP contribution is -2.30. The molecular formula is C19H20Cl2F3NO3S. The van der Waals surface area contributed by atoms with Crippen molar-refractivity contribution in [1.82, 2.24) is 0 Å². The van der Waals surface area contributed by atoms with Crippen LogP contribution in [-0.4, -0.2) is 21.0 Å². The van der Waals surface area contributed by atoms with Gasteiger partial charge in [0.25, 0.3) is 0 Å². The van der Waals surface area contributed by atoms with Gasteiger partial charge < -0.3 is 4.74 Å². The van der Waals surface area contributed by atoms with Gasteiger partial charge in [0.2, 0.25) is 0 Å². The van der Waals surface area contributed by atoms with E-state index >= 15 is 0 Å². The van der Waals surface area contributed by atoms with Gasteiger partial charge in [-0.1, -0.05) is 54.7 Å². The van der Waals surface area contributed by atoms with Crippen LogP contribution < -0.4 is 4.72 Å². The van der Waals surface area contributed by atoms with Gasteiger partial charge in [0.05, 0.1) is 16.1 Å². The number of rotatable bonds is 8. The molecule has 0 fully saturated rings. The van der Waals surface area contributed by atoms with Crippen molar-refractivity contribution in [1.29, 1.82) is 0 Å². The Hall–Kier alpha value is -1.48. The van der Waals surface area contributed by atoms with Crippen LogP contribution in [0.5, 0.6) is 0 Å². The Morgan fingerprint density at radius 1 is 1.07 bits per heavy atom. The number of hydrogen-bond donors (Lipinski definition) is 1. The third-order valence-electron chi connectivity index (χ3n) is 4.36. The van der Waals surface area contributed by atoms with E-state index in [1.807, 2.05) is 13.0 Å². The predicted molar refractivity (Wildman–Crippen MR) is 109 cm³/mol. The summed E-state index contributed by atoms with van der Waals surface area (Å²) in [6.07, 6.45) is 0.975. The fourth-order valence-electron chi connectivity index (χ4n) is 3.07. The van der Waals surface area contributed by atoms with Crippen LogP contribution in [0.1, 0.15) is 42.9 Å². The maximum atomic E-state index is 12.7. The van der Waals surface area contributed by atoms with E-state index in [-0.39, 0.29) is 11.6 Å². The molecule has 160 valence electrons. The van der Waals surface area contributed by atoms with Crippen molar-refractivity contribution in [3.8, 4) is 0 Å². The monoisotopic (exact) mass is 469 g/mol.